The zero-order chi connectivity index (χ0) is 14.4. The third kappa shape index (κ3) is 4.87. The van der Waals surface area contributed by atoms with Gasteiger partial charge in [-0.05, 0) is 31.2 Å². The van der Waals surface area contributed by atoms with E-state index in [1.807, 2.05) is 0 Å². The molecular formula is C14H22N2O3. The van der Waals surface area contributed by atoms with Crippen LogP contribution in [0, 0.1) is 16.0 Å². The zero-order valence-corrected chi connectivity index (χ0v) is 11.8. The van der Waals surface area contributed by atoms with Crippen molar-refractivity contribution in [1.82, 2.24) is 0 Å². The van der Waals surface area contributed by atoms with Crippen LogP contribution in [0.25, 0.3) is 0 Å². The fourth-order valence-electron chi connectivity index (χ4n) is 2.14. The van der Waals surface area contributed by atoms with Crippen LogP contribution in [0.5, 0.6) is 5.75 Å². The summed E-state index contributed by atoms with van der Waals surface area (Å²) in [7, 11) is 1.57. The molecule has 0 aromatic heterocycles. The molecule has 1 rings (SSSR count). The summed E-state index contributed by atoms with van der Waals surface area (Å²) in [4.78, 5) is 10.4. The highest BCUT2D eigenvalue weighted by molar-refractivity contribution is 5.43. The van der Waals surface area contributed by atoms with Gasteiger partial charge in [-0.15, -0.1) is 0 Å². The fourth-order valence-corrected chi connectivity index (χ4v) is 2.14. The van der Waals surface area contributed by atoms with Crippen molar-refractivity contribution in [3.63, 3.8) is 0 Å². The number of aryl methyl sites for hydroxylation is 1. The Hall–Kier alpha value is -1.62. The maximum atomic E-state index is 10.8. The minimum absolute atomic E-state index is 0.0910. The molecule has 2 N–H and O–H groups in total. The molecule has 1 aromatic rings. The molecule has 0 heterocycles. The molecule has 19 heavy (non-hydrogen) atoms. The summed E-state index contributed by atoms with van der Waals surface area (Å²) in [6.07, 6.45) is 2.45. The molecule has 0 fully saturated rings. The predicted molar refractivity (Wildman–Crippen MR) is 75.4 cm³/mol. The van der Waals surface area contributed by atoms with E-state index in [0.29, 0.717) is 18.1 Å². The highest BCUT2D eigenvalue weighted by Gasteiger charge is 2.13. The largest absolute Gasteiger partial charge is 0.496 e. The third-order valence-corrected chi connectivity index (χ3v) is 3.03. The van der Waals surface area contributed by atoms with Gasteiger partial charge in [-0.1, -0.05) is 13.8 Å². The molecule has 1 unspecified atom stereocenters. The molecule has 5 heteroatoms. The van der Waals surface area contributed by atoms with Crippen molar-refractivity contribution in [3.05, 3.63) is 33.9 Å². The predicted octanol–water partition coefficient (Wildman–Crippen LogP) is 2.91. The summed E-state index contributed by atoms with van der Waals surface area (Å²) in [6, 6.07) is 4.78. The Morgan fingerprint density at radius 1 is 1.42 bits per heavy atom. The minimum atomic E-state index is -0.392. The van der Waals surface area contributed by atoms with E-state index in [9.17, 15) is 10.1 Å². The second kappa shape index (κ2) is 7.09. The Balaban J connectivity index is 2.75. The van der Waals surface area contributed by atoms with Crippen LogP contribution in [0.4, 0.5) is 5.69 Å². The summed E-state index contributed by atoms with van der Waals surface area (Å²) in [5.41, 5.74) is 6.97. The van der Waals surface area contributed by atoms with E-state index in [-0.39, 0.29) is 11.7 Å². The molecule has 5 nitrogen and oxygen atoms in total. The molecule has 0 saturated carbocycles. The zero-order valence-electron chi connectivity index (χ0n) is 11.8. The van der Waals surface area contributed by atoms with Gasteiger partial charge < -0.3 is 10.5 Å². The SMILES string of the molecule is COc1ccc([N+](=O)[O-])cc1CCC(N)CC(C)C. The van der Waals surface area contributed by atoms with Crippen LogP contribution in [0.1, 0.15) is 32.3 Å². The molecule has 0 radical (unpaired) electrons. The first-order valence-electron chi connectivity index (χ1n) is 6.51. The van der Waals surface area contributed by atoms with Gasteiger partial charge in [0.25, 0.3) is 5.69 Å². The Labute approximate surface area is 113 Å². The molecule has 0 spiro atoms. The van der Waals surface area contributed by atoms with Crippen LogP contribution < -0.4 is 10.5 Å². The first-order chi connectivity index (χ1) is 8.93. The van der Waals surface area contributed by atoms with Gasteiger partial charge in [0, 0.05) is 23.7 Å². The summed E-state index contributed by atoms with van der Waals surface area (Å²) < 4.78 is 5.23. The standard InChI is InChI=1S/C14H22N2O3/c1-10(2)8-12(15)5-4-11-9-13(16(17)18)6-7-14(11)19-3/h6-7,9-10,12H,4-5,8,15H2,1-3H3. The number of benzene rings is 1. The molecule has 0 bridgehead atoms. The quantitative estimate of drug-likeness (QED) is 0.608. The van der Waals surface area contributed by atoms with Crippen LogP contribution in [-0.2, 0) is 6.42 Å². The monoisotopic (exact) mass is 266 g/mol. The summed E-state index contributed by atoms with van der Waals surface area (Å²) in [5.74, 6) is 1.24. The van der Waals surface area contributed by atoms with E-state index in [1.165, 1.54) is 6.07 Å². The van der Waals surface area contributed by atoms with Crippen molar-refractivity contribution < 1.29 is 9.66 Å². The van der Waals surface area contributed by atoms with Crippen molar-refractivity contribution in [3.8, 4) is 5.75 Å². The number of nitro benzene ring substituents is 1. The molecule has 0 aliphatic carbocycles. The smallest absolute Gasteiger partial charge is 0.269 e. The Morgan fingerprint density at radius 3 is 2.63 bits per heavy atom. The van der Waals surface area contributed by atoms with Gasteiger partial charge in [0.05, 0.1) is 12.0 Å². The summed E-state index contributed by atoms with van der Waals surface area (Å²) in [6.45, 7) is 4.27. The molecular weight excluding hydrogens is 244 g/mol. The summed E-state index contributed by atoms with van der Waals surface area (Å²) in [5, 5.41) is 10.8. The first-order valence-corrected chi connectivity index (χ1v) is 6.51. The maximum Gasteiger partial charge on any atom is 0.269 e. The third-order valence-electron chi connectivity index (χ3n) is 3.03. The number of nitro groups is 1. The number of non-ortho nitro benzene ring substituents is 1. The minimum Gasteiger partial charge on any atom is -0.496 e. The highest BCUT2D eigenvalue weighted by atomic mass is 16.6. The molecule has 106 valence electrons. The lowest BCUT2D eigenvalue weighted by Crippen LogP contribution is -2.22. The van der Waals surface area contributed by atoms with Gasteiger partial charge in [-0.3, -0.25) is 10.1 Å². The maximum absolute atomic E-state index is 10.8. The topological polar surface area (TPSA) is 78.4 Å². The number of nitrogens with two attached hydrogens (primary N) is 1. The van der Waals surface area contributed by atoms with Gasteiger partial charge in [-0.25, -0.2) is 0 Å². The average molecular weight is 266 g/mol. The fraction of sp³-hybridized carbons (Fsp3) is 0.571. The number of ether oxygens (including phenoxy) is 1. The van der Waals surface area contributed by atoms with Crippen molar-refractivity contribution in [2.45, 2.75) is 39.2 Å². The molecule has 1 aromatic carbocycles. The molecule has 1 atom stereocenters. The molecule has 0 amide bonds. The van der Waals surface area contributed by atoms with Gasteiger partial charge >= 0.3 is 0 Å². The Bertz CT molecular complexity index is 433. The lowest BCUT2D eigenvalue weighted by atomic mass is 9.97. The van der Waals surface area contributed by atoms with Crippen LogP contribution in [0.3, 0.4) is 0 Å². The molecule has 0 saturated heterocycles. The number of hydrogen-bond donors (Lipinski definition) is 1. The van der Waals surface area contributed by atoms with Crippen molar-refractivity contribution in [1.29, 1.82) is 0 Å². The van der Waals surface area contributed by atoms with Crippen LogP contribution in [0.15, 0.2) is 18.2 Å². The van der Waals surface area contributed by atoms with Crippen LogP contribution in [-0.4, -0.2) is 18.1 Å². The normalized spacial score (nSPS) is 12.5. The number of hydrogen-bond acceptors (Lipinski definition) is 4. The van der Waals surface area contributed by atoms with Crippen molar-refractivity contribution >= 4 is 5.69 Å². The lowest BCUT2D eigenvalue weighted by Gasteiger charge is -2.15. The lowest BCUT2D eigenvalue weighted by molar-refractivity contribution is -0.384. The van der Waals surface area contributed by atoms with E-state index in [1.54, 1.807) is 19.2 Å². The van der Waals surface area contributed by atoms with Gasteiger partial charge in [0.2, 0.25) is 0 Å². The van der Waals surface area contributed by atoms with E-state index < -0.39 is 4.92 Å². The second-order valence-corrected chi connectivity index (χ2v) is 5.18. The Kier molecular flexibility index (Phi) is 5.76. The van der Waals surface area contributed by atoms with Crippen molar-refractivity contribution in [2.24, 2.45) is 11.7 Å². The van der Waals surface area contributed by atoms with E-state index in [0.717, 1.165) is 18.4 Å². The Morgan fingerprint density at radius 2 is 2.11 bits per heavy atom. The van der Waals surface area contributed by atoms with Crippen LogP contribution >= 0.6 is 0 Å². The second-order valence-electron chi connectivity index (χ2n) is 5.18. The van der Waals surface area contributed by atoms with Gasteiger partial charge in [-0.2, -0.15) is 0 Å². The first kappa shape index (κ1) is 15.4. The van der Waals surface area contributed by atoms with E-state index in [2.05, 4.69) is 13.8 Å². The molecule has 0 aliphatic rings. The number of methoxy groups -OCH3 is 1. The van der Waals surface area contributed by atoms with Gasteiger partial charge in [0.1, 0.15) is 5.75 Å². The highest BCUT2D eigenvalue weighted by Crippen LogP contribution is 2.25. The van der Waals surface area contributed by atoms with E-state index >= 15 is 0 Å². The number of rotatable bonds is 7. The summed E-state index contributed by atoms with van der Waals surface area (Å²) >= 11 is 0. The van der Waals surface area contributed by atoms with Crippen LogP contribution in [0.2, 0.25) is 0 Å². The van der Waals surface area contributed by atoms with E-state index in [4.69, 9.17) is 10.5 Å². The number of nitrogens with zero attached hydrogens (tertiary/aromatic N) is 1. The van der Waals surface area contributed by atoms with Crippen molar-refractivity contribution in [2.75, 3.05) is 7.11 Å². The van der Waals surface area contributed by atoms with Gasteiger partial charge in [0.15, 0.2) is 0 Å². The molecule has 0 aliphatic heterocycles. The average Bonchev–Trinajstić information content (AvgIpc) is 2.35.